The maximum atomic E-state index is 12.8. The smallest absolute Gasteiger partial charge is 0.261 e. The second kappa shape index (κ2) is 8.11. The van der Waals surface area contributed by atoms with Crippen LogP contribution >= 0.6 is 0 Å². The number of Topliss-reactive ketones (excluding diaryl/α,β-unsaturated/α-hetero) is 1. The molecule has 0 saturated carbocycles. The van der Waals surface area contributed by atoms with Crippen molar-refractivity contribution in [3.8, 4) is 0 Å². The molecule has 30 heavy (non-hydrogen) atoms. The Bertz CT molecular complexity index is 1150. The van der Waals surface area contributed by atoms with Gasteiger partial charge in [0.15, 0.2) is 5.78 Å². The maximum absolute atomic E-state index is 12.8. The Labute approximate surface area is 175 Å². The van der Waals surface area contributed by atoms with Crippen LogP contribution in [-0.4, -0.2) is 16.7 Å². The molecule has 0 bridgehead atoms. The van der Waals surface area contributed by atoms with Crippen molar-refractivity contribution in [3.05, 3.63) is 99.0 Å². The standard InChI is InChI=1S/C25H24N2O3/c1-15(2)16-8-10-19(11-9-16)26-24(29)21-14-20-22(27-25(21)30)12-18(13-23(20)28)17-6-4-3-5-7-17/h3-11,14-15,18H,12-13H2,1-2H3,(H,26,29)(H,27,30)/t18-/m1/s1. The lowest BCUT2D eigenvalue weighted by Gasteiger charge is -2.24. The predicted octanol–water partition coefficient (Wildman–Crippen LogP) is 4.66. The predicted molar refractivity (Wildman–Crippen MR) is 117 cm³/mol. The number of H-pyrrole nitrogens is 1. The van der Waals surface area contributed by atoms with Gasteiger partial charge in [0, 0.05) is 23.4 Å². The summed E-state index contributed by atoms with van der Waals surface area (Å²) >= 11 is 0. The summed E-state index contributed by atoms with van der Waals surface area (Å²) in [6.07, 6.45) is 0.930. The number of rotatable bonds is 4. The number of amides is 1. The first-order valence-electron chi connectivity index (χ1n) is 10.2. The minimum atomic E-state index is -0.519. The number of aromatic nitrogens is 1. The van der Waals surface area contributed by atoms with Crippen LogP contribution in [0.5, 0.6) is 0 Å². The van der Waals surface area contributed by atoms with Crippen LogP contribution in [0, 0.1) is 0 Å². The number of hydrogen-bond acceptors (Lipinski definition) is 3. The average molecular weight is 400 g/mol. The molecule has 2 aromatic carbocycles. The number of benzene rings is 2. The third kappa shape index (κ3) is 3.96. The van der Waals surface area contributed by atoms with Gasteiger partial charge in [0.2, 0.25) is 0 Å². The largest absolute Gasteiger partial charge is 0.325 e. The van der Waals surface area contributed by atoms with E-state index in [1.54, 1.807) is 0 Å². The van der Waals surface area contributed by atoms with Crippen LogP contribution in [0.25, 0.3) is 0 Å². The lowest BCUT2D eigenvalue weighted by Crippen LogP contribution is -2.29. The number of aromatic amines is 1. The van der Waals surface area contributed by atoms with E-state index in [4.69, 9.17) is 0 Å². The van der Waals surface area contributed by atoms with Crippen LogP contribution in [-0.2, 0) is 6.42 Å². The molecular formula is C25H24N2O3. The zero-order valence-electron chi connectivity index (χ0n) is 17.1. The number of anilines is 1. The third-order valence-corrected chi connectivity index (χ3v) is 5.66. The summed E-state index contributed by atoms with van der Waals surface area (Å²) in [5.74, 6) is -0.156. The minimum absolute atomic E-state index is 0.0287. The number of hydrogen-bond donors (Lipinski definition) is 2. The van der Waals surface area contributed by atoms with Crippen LogP contribution in [0.15, 0.2) is 65.5 Å². The average Bonchev–Trinajstić information content (AvgIpc) is 2.74. The Morgan fingerprint density at radius 1 is 1.00 bits per heavy atom. The highest BCUT2D eigenvalue weighted by Gasteiger charge is 2.28. The Balaban J connectivity index is 1.58. The van der Waals surface area contributed by atoms with E-state index in [1.165, 1.54) is 6.07 Å². The molecule has 5 heteroatoms. The van der Waals surface area contributed by atoms with Gasteiger partial charge < -0.3 is 10.3 Å². The highest BCUT2D eigenvalue weighted by atomic mass is 16.2. The van der Waals surface area contributed by atoms with Gasteiger partial charge in [-0.25, -0.2) is 0 Å². The number of carbonyl (C=O) groups excluding carboxylic acids is 2. The Morgan fingerprint density at radius 2 is 1.70 bits per heavy atom. The monoisotopic (exact) mass is 400 g/mol. The van der Waals surface area contributed by atoms with Gasteiger partial charge in [-0.15, -0.1) is 0 Å². The van der Waals surface area contributed by atoms with E-state index in [9.17, 15) is 14.4 Å². The summed E-state index contributed by atoms with van der Waals surface area (Å²) in [5, 5.41) is 2.75. The van der Waals surface area contributed by atoms with Crippen LogP contribution in [0.4, 0.5) is 5.69 Å². The molecule has 152 valence electrons. The van der Waals surface area contributed by atoms with Gasteiger partial charge in [-0.05, 0) is 47.6 Å². The fourth-order valence-electron chi connectivity index (χ4n) is 3.91. The molecule has 0 radical (unpaired) electrons. The van der Waals surface area contributed by atoms with Crippen LogP contribution < -0.4 is 10.9 Å². The number of pyridine rings is 1. The van der Waals surface area contributed by atoms with E-state index in [0.717, 1.165) is 11.1 Å². The molecule has 3 aromatic rings. The Hall–Kier alpha value is -3.47. The summed E-state index contributed by atoms with van der Waals surface area (Å²) in [4.78, 5) is 40.8. The van der Waals surface area contributed by atoms with Gasteiger partial charge in [0.1, 0.15) is 5.56 Å². The van der Waals surface area contributed by atoms with Crippen molar-refractivity contribution < 1.29 is 9.59 Å². The molecular weight excluding hydrogens is 376 g/mol. The highest BCUT2D eigenvalue weighted by molar-refractivity contribution is 6.06. The second-order valence-electron chi connectivity index (χ2n) is 8.07. The summed E-state index contributed by atoms with van der Waals surface area (Å²) in [5.41, 5.74) is 3.35. The highest BCUT2D eigenvalue weighted by Crippen LogP contribution is 2.31. The van der Waals surface area contributed by atoms with Gasteiger partial charge in [-0.1, -0.05) is 56.3 Å². The van der Waals surface area contributed by atoms with Crippen molar-refractivity contribution in [2.75, 3.05) is 5.32 Å². The second-order valence-corrected chi connectivity index (χ2v) is 8.07. The molecule has 0 saturated heterocycles. The van der Waals surface area contributed by atoms with E-state index in [0.29, 0.717) is 35.7 Å². The molecule has 1 aromatic heterocycles. The molecule has 1 aliphatic rings. The van der Waals surface area contributed by atoms with Crippen molar-refractivity contribution >= 4 is 17.4 Å². The third-order valence-electron chi connectivity index (χ3n) is 5.66. The van der Waals surface area contributed by atoms with E-state index in [2.05, 4.69) is 24.1 Å². The number of carbonyl (C=O) groups is 2. The number of fused-ring (bicyclic) bond motifs is 1. The molecule has 1 heterocycles. The molecule has 1 aliphatic carbocycles. The Morgan fingerprint density at radius 3 is 2.37 bits per heavy atom. The molecule has 0 unspecified atom stereocenters. The van der Waals surface area contributed by atoms with E-state index < -0.39 is 11.5 Å². The normalized spacial score (nSPS) is 15.7. The van der Waals surface area contributed by atoms with Gasteiger partial charge in [0.05, 0.1) is 0 Å². The van der Waals surface area contributed by atoms with Crippen molar-refractivity contribution in [1.82, 2.24) is 4.98 Å². The topological polar surface area (TPSA) is 79.0 Å². The van der Waals surface area contributed by atoms with E-state index in [1.807, 2.05) is 54.6 Å². The fourth-order valence-corrected chi connectivity index (χ4v) is 3.91. The molecule has 2 N–H and O–H groups in total. The van der Waals surface area contributed by atoms with E-state index >= 15 is 0 Å². The van der Waals surface area contributed by atoms with Gasteiger partial charge in [-0.3, -0.25) is 14.4 Å². The van der Waals surface area contributed by atoms with Crippen molar-refractivity contribution in [1.29, 1.82) is 0 Å². The molecule has 4 rings (SSSR count). The fraction of sp³-hybridized carbons (Fsp3) is 0.240. The molecule has 0 aliphatic heterocycles. The molecule has 1 amide bonds. The lowest BCUT2D eigenvalue weighted by atomic mass is 9.81. The zero-order chi connectivity index (χ0) is 21.3. The summed E-state index contributed by atoms with van der Waals surface area (Å²) in [6, 6.07) is 18.8. The number of ketones is 1. The first-order chi connectivity index (χ1) is 14.4. The zero-order valence-corrected chi connectivity index (χ0v) is 17.1. The van der Waals surface area contributed by atoms with E-state index in [-0.39, 0.29) is 17.3 Å². The Kier molecular flexibility index (Phi) is 5.36. The summed E-state index contributed by atoms with van der Waals surface area (Å²) < 4.78 is 0. The van der Waals surface area contributed by atoms with Gasteiger partial charge >= 0.3 is 0 Å². The summed E-state index contributed by atoms with van der Waals surface area (Å²) in [7, 11) is 0. The molecule has 1 atom stereocenters. The van der Waals surface area contributed by atoms with Crippen LogP contribution in [0.1, 0.15) is 69.6 Å². The minimum Gasteiger partial charge on any atom is -0.325 e. The first kappa shape index (κ1) is 19.8. The van der Waals surface area contributed by atoms with Crippen molar-refractivity contribution in [2.45, 2.75) is 38.5 Å². The quantitative estimate of drug-likeness (QED) is 0.668. The molecule has 0 fully saturated rings. The van der Waals surface area contributed by atoms with Crippen molar-refractivity contribution in [2.24, 2.45) is 0 Å². The van der Waals surface area contributed by atoms with Gasteiger partial charge in [0.25, 0.3) is 11.5 Å². The summed E-state index contributed by atoms with van der Waals surface area (Å²) in [6.45, 7) is 4.19. The molecule has 5 nitrogen and oxygen atoms in total. The van der Waals surface area contributed by atoms with Crippen LogP contribution in [0.2, 0.25) is 0 Å². The molecule has 0 spiro atoms. The SMILES string of the molecule is CC(C)c1ccc(NC(=O)c2cc3c([nH]c2=O)C[C@@H](c2ccccc2)CC3=O)cc1. The van der Waals surface area contributed by atoms with Crippen molar-refractivity contribution in [3.63, 3.8) is 0 Å². The maximum Gasteiger partial charge on any atom is 0.261 e. The van der Waals surface area contributed by atoms with Crippen LogP contribution in [0.3, 0.4) is 0 Å². The lowest BCUT2D eigenvalue weighted by molar-refractivity contribution is 0.0963. The number of nitrogens with one attached hydrogen (secondary N) is 2. The van der Waals surface area contributed by atoms with Gasteiger partial charge in [-0.2, -0.15) is 0 Å². The first-order valence-corrected chi connectivity index (χ1v) is 10.2.